The number of aliphatic hydroxyl groups is 8. The molecule has 81 heavy (non-hydrogen) atoms. The van der Waals surface area contributed by atoms with E-state index in [1.54, 1.807) is 6.08 Å². The number of amides is 1. The fourth-order valence-electron chi connectivity index (χ4n) is 9.90. The summed E-state index contributed by atoms with van der Waals surface area (Å²) in [6.07, 6.45) is 54.9. The van der Waals surface area contributed by atoms with E-state index in [1.807, 2.05) is 6.08 Å². The van der Waals surface area contributed by atoms with E-state index in [0.29, 0.717) is 12.8 Å². The third-order valence-electron chi connectivity index (χ3n) is 15.0. The predicted molar refractivity (Wildman–Crippen MR) is 327 cm³/mol. The quantitative estimate of drug-likeness (QED) is 0.0204. The molecule has 0 aromatic carbocycles. The number of unbranched alkanes of at least 4 members (excludes halogenated alkanes) is 23. The van der Waals surface area contributed by atoms with Gasteiger partial charge in [0.2, 0.25) is 5.91 Å². The molecule has 1 amide bonds. The number of carbonyl (C=O) groups is 1. The van der Waals surface area contributed by atoms with E-state index in [4.69, 9.17) is 18.9 Å². The average Bonchev–Trinajstić information content (AvgIpc) is 3.51. The molecule has 2 aliphatic heterocycles. The third-order valence-corrected chi connectivity index (χ3v) is 15.0. The highest BCUT2D eigenvalue weighted by molar-refractivity contribution is 5.76. The van der Waals surface area contributed by atoms with Crippen LogP contribution in [-0.2, 0) is 23.7 Å². The summed E-state index contributed by atoms with van der Waals surface area (Å²) in [7, 11) is 0. The highest BCUT2D eigenvalue weighted by atomic mass is 16.7. The van der Waals surface area contributed by atoms with Crippen molar-refractivity contribution < 1.29 is 64.6 Å². The Bertz CT molecular complexity index is 1730. The molecule has 466 valence electrons. The number of hydrogen-bond donors (Lipinski definition) is 9. The number of allylic oxidation sites excluding steroid dienone is 15. The Morgan fingerprint density at radius 3 is 1.36 bits per heavy atom. The highest BCUT2D eigenvalue weighted by Gasteiger charge is 2.51. The van der Waals surface area contributed by atoms with Gasteiger partial charge in [-0.3, -0.25) is 4.79 Å². The average molecular weight is 1140 g/mol. The van der Waals surface area contributed by atoms with Crippen LogP contribution in [0.4, 0.5) is 0 Å². The van der Waals surface area contributed by atoms with E-state index >= 15 is 0 Å². The van der Waals surface area contributed by atoms with Crippen molar-refractivity contribution >= 4 is 5.91 Å². The molecular weight excluding hydrogens is 1030 g/mol. The van der Waals surface area contributed by atoms with Crippen molar-refractivity contribution in [2.24, 2.45) is 0 Å². The minimum absolute atomic E-state index is 0.253. The van der Waals surface area contributed by atoms with Crippen LogP contribution in [-0.4, -0.2) is 140 Å². The third kappa shape index (κ3) is 36.4. The second-order valence-corrected chi connectivity index (χ2v) is 22.1. The predicted octanol–water partition coefficient (Wildman–Crippen LogP) is 11.8. The van der Waals surface area contributed by atoms with Crippen molar-refractivity contribution in [1.29, 1.82) is 0 Å². The van der Waals surface area contributed by atoms with Gasteiger partial charge in [0.05, 0.1) is 32.0 Å². The van der Waals surface area contributed by atoms with Crippen molar-refractivity contribution in [2.75, 3.05) is 19.8 Å². The Morgan fingerprint density at radius 2 is 0.864 bits per heavy atom. The van der Waals surface area contributed by atoms with Gasteiger partial charge in [-0.25, -0.2) is 0 Å². The lowest BCUT2D eigenvalue weighted by atomic mass is 9.97. The summed E-state index contributed by atoms with van der Waals surface area (Å²) in [5.41, 5.74) is 0. The summed E-state index contributed by atoms with van der Waals surface area (Å²) >= 11 is 0. The smallest absolute Gasteiger partial charge is 0.220 e. The second kappa shape index (κ2) is 51.3. The molecule has 0 bridgehead atoms. The van der Waals surface area contributed by atoms with E-state index in [2.05, 4.69) is 104 Å². The molecule has 2 saturated heterocycles. The molecule has 0 aromatic heterocycles. The number of hydrogen-bond acceptors (Lipinski definition) is 13. The molecule has 2 fully saturated rings. The van der Waals surface area contributed by atoms with Gasteiger partial charge in [-0.15, -0.1) is 0 Å². The minimum Gasteiger partial charge on any atom is -0.394 e. The van der Waals surface area contributed by atoms with Gasteiger partial charge in [0.25, 0.3) is 0 Å². The van der Waals surface area contributed by atoms with Gasteiger partial charge in [-0.1, -0.05) is 233 Å². The lowest BCUT2D eigenvalue weighted by molar-refractivity contribution is -0.359. The van der Waals surface area contributed by atoms with Crippen LogP contribution in [0.1, 0.15) is 226 Å². The minimum atomic E-state index is -1.79. The fourth-order valence-corrected chi connectivity index (χ4v) is 9.90. The molecular formula is C67H115NO13. The van der Waals surface area contributed by atoms with Gasteiger partial charge >= 0.3 is 0 Å². The summed E-state index contributed by atoms with van der Waals surface area (Å²) in [5, 5.41) is 86.9. The van der Waals surface area contributed by atoms with Crippen molar-refractivity contribution in [3.63, 3.8) is 0 Å². The molecule has 2 rings (SSSR count). The van der Waals surface area contributed by atoms with Gasteiger partial charge in [-0.2, -0.15) is 0 Å². The first-order chi connectivity index (χ1) is 39.6. The summed E-state index contributed by atoms with van der Waals surface area (Å²) in [6.45, 7) is 2.61. The first kappa shape index (κ1) is 74.0. The maximum absolute atomic E-state index is 13.2. The molecule has 0 saturated carbocycles. The molecule has 0 spiro atoms. The monoisotopic (exact) mass is 1140 g/mol. The van der Waals surface area contributed by atoms with E-state index < -0.39 is 86.8 Å². The van der Waals surface area contributed by atoms with Gasteiger partial charge < -0.3 is 65.1 Å². The molecule has 14 heteroatoms. The van der Waals surface area contributed by atoms with Crippen LogP contribution >= 0.6 is 0 Å². The van der Waals surface area contributed by atoms with E-state index in [1.165, 1.54) is 116 Å². The molecule has 0 aliphatic carbocycles. The zero-order chi connectivity index (χ0) is 58.8. The fraction of sp³-hybridized carbons (Fsp3) is 0.746. The molecule has 0 aromatic rings. The molecule has 14 nitrogen and oxygen atoms in total. The van der Waals surface area contributed by atoms with Gasteiger partial charge in [0.1, 0.15) is 48.8 Å². The van der Waals surface area contributed by atoms with Crippen molar-refractivity contribution in [3.05, 3.63) is 97.2 Å². The summed E-state index contributed by atoms with van der Waals surface area (Å²) < 4.78 is 22.7. The first-order valence-electron chi connectivity index (χ1n) is 32.0. The highest BCUT2D eigenvalue weighted by Crippen LogP contribution is 2.30. The number of rotatable bonds is 50. The Kier molecular flexibility index (Phi) is 46.9. The molecule has 2 aliphatic rings. The maximum Gasteiger partial charge on any atom is 0.220 e. The largest absolute Gasteiger partial charge is 0.394 e. The standard InChI is InChI=1S/C67H115NO13/c1-3-5-7-9-11-13-15-16-17-18-19-20-21-22-23-24-25-26-27-28-29-30-31-32-33-34-35-36-37-38-39-40-41-43-45-47-49-51-59(72)68-55(56(71)50-48-46-44-42-14-12-10-8-6-4-2)54-78-66-64(77)62(75)65(58(53-70)80-66)81-67-63(76)61(74)60(73)57(52-69)79-67/h5,7,11,13-14,16-17,19-20,22-23,25-26,42,48,50,55-58,60-67,69-71,73-77H,3-4,6,8-10,12,15,18,21,24,27-41,43-47,49,51-54H2,1-2H3,(H,68,72)/b7-5-,13-11-,17-16-,20-19-,23-22-,26-25-,42-14+,50-48+. The number of carbonyl (C=O) groups excluding carboxylic acids is 1. The van der Waals surface area contributed by atoms with E-state index in [0.717, 1.165) is 77.0 Å². The van der Waals surface area contributed by atoms with Gasteiger partial charge in [0.15, 0.2) is 12.6 Å². The molecule has 0 radical (unpaired) electrons. The normalized spacial score (nSPS) is 24.8. The Morgan fingerprint density at radius 1 is 0.457 bits per heavy atom. The molecule has 12 atom stereocenters. The van der Waals surface area contributed by atoms with E-state index in [-0.39, 0.29) is 18.9 Å². The zero-order valence-electron chi connectivity index (χ0n) is 50.2. The molecule has 9 N–H and O–H groups in total. The van der Waals surface area contributed by atoms with Crippen LogP contribution in [0.5, 0.6) is 0 Å². The van der Waals surface area contributed by atoms with Gasteiger partial charge in [0, 0.05) is 6.42 Å². The van der Waals surface area contributed by atoms with E-state index in [9.17, 15) is 45.6 Å². The van der Waals surface area contributed by atoms with Crippen LogP contribution < -0.4 is 5.32 Å². The maximum atomic E-state index is 13.2. The Balaban J connectivity index is 1.58. The molecule has 2 heterocycles. The number of nitrogens with one attached hydrogen (secondary N) is 1. The SMILES string of the molecule is CC/C=C\C/C=C\C/C=C\C/C=C\C/C=C\C/C=C\CCCCCCCCCCCCCCCCCCCCC(=O)NC(COC1OC(CO)C(OC2OC(CO)C(O)C(O)C2O)C(O)C1O)C(O)/C=C/CC/C=C/CCCCCC. The molecule has 12 unspecified atom stereocenters. The van der Waals surface area contributed by atoms with Crippen LogP contribution in [0.3, 0.4) is 0 Å². The van der Waals surface area contributed by atoms with Crippen LogP contribution in [0.2, 0.25) is 0 Å². The summed E-state index contributed by atoms with van der Waals surface area (Å²) in [4.78, 5) is 13.2. The van der Waals surface area contributed by atoms with Crippen molar-refractivity contribution in [2.45, 2.75) is 299 Å². The summed E-state index contributed by atoms with van der Waals surface area (Å²) in [6, 6.07) is -0.933. The lowest BCUT2D eigenvalue weighted by Gasteiger charge is -2.46. The first-order valence-corrected chi connectivity index (χ1v) is 32.0. The zero-order valence-corrected chi connectivity index (χ0v) is 50.2. The summed E-state index contributed by atoms with van der Waals surface area (Å²) in [5.74, 6) is -0.253. The van der Waals surface area contributed by atoms with Crippen molar-refractivity contribution in [1.82, 2.24) is 5.32 Å². The number of ether oxygens (including phenoxy) is 4. The topological polar surface area (TPSA) is 228 Å². The van der Waals surface area contributed by atoms with Crippen molar-refractivity contribution in [3.8, 4) is 0 Å². The number of aliphatic hydroxyl groups excluding tert-OH is 8. The van der Waals surface area contributed by atoms with Crippen LogP contribution in [0.25, 0.3) is 0 Å². The van der Waals surface area contributed by atoms with Gasteiger partial charge in [-0.05, 0) is 83.5 Å². The van der Waals surface area contributed by atoms with Crippen LogP contribution in [0, 0.1) is 0 Å². The van der Waals surface area contributed by atoms with Crippen LogP contribution in [0.15, 0.2) is 97.2 Å². The Labute approximate surface area is 490 Å². The second-order valence-electron chi connectivity index (χ2n) is 22.1. The lowest BCUT2D eigenvalue weighted by Crippen LogP contribution is -2.65. The Hall–Kier alpha value is -3.09.